The number of hydrogen-bond acceptors (Lipinski definition) is 3. The smallest absolute Gasteiger partial charge is 0.317 e. The predicted octanol–water partition coefficient (Wildman–Crippen LogP) is 3.70. The van der Waals surface area contributed by atoms with Gasteiger partial charge in [0.15, 0.2) is 0 Å². The molecule has 2 aliphatic rings. The van der Waals surface area contributed by atoms with E-state index in [9.17, 15) is 4.79 Å². The molecule has 3 N–H and O–H groups in total. The number of rotatable bonds is 5. The van der Waals surface area contributed by atoms with E-state index in [2.05, 4.69) is 64.8 Å². The summed E-state index contributed by atoms with van der Waals surface area (Å²) in [6.07, 6.45) is 4.11. The molecule has 2 saturated heterocycles. The quantitative estimate of drug-likeness (QED) is 0.796. The molecule has 5 heteroatoms. The van der Waals surface area contributed by atoms with Gasteiger partial charge in [0.25, 0.3) is 0 Å². The SMILES string of the molecule is NCc1cccc(C2CCN(C(=O)NC3CCN(Cc4ccccc4)CC3)CC2)c1. The monoisotopic (exact) mass is 406 g/mol. The molecule has 0 bridgehead atoms. The van der Waals surface area contributed by atoms with Gasteiger partial charge in [-0.15, -0.1) is 0 Å². The zero-order valence-corrected chi connectivity index (χ0v) is 17.8. The second-order valence-electron chi connectivity index (χ2n) is 8.70. The molecule has 4 rings (SSSR count). The number of nitrogens with zero attached hydrogens (tertiary/aromatic N) is 2. The molecule has 2 aliphatic heterocycles. The van der Waals surface area contributed by atoms with E-state index in [1.165, 1.54) is 16.7 Å². The third-order valence-electron chi connectivity index (χ3n) is 6.60. The van der Waals surface area contributed by atoms with Crippen molar-refractivity contribution >= 4 is 6.03 Å². The predicted molar refractivity (Wildman–Crippen MR) is 121 cm³/mol. The highest BCUT2D eigenvalue weighted by atomic mass is 16.2. The van der Waals surface area contributed by atoms with Gasteiger partial charge in [0.1, 0.15) is 0 Å². The summed E-state index contributed by atoms with van der Waals surface area (Å²) in [5, 5.41) is 3.29. The lowest BCUT2D eigenvalue weighted by Crippen LogP contribution is -2.50. The fraction of sp³-hybridized carbons (Fsp3) is 0.480. The van der Waals surface area contributed by atoms with Gasteiger partial charge < -0.3 is 16.0 Å². The van der Waals surface area contributed by atoms with E-state index in [1.54, 1.807) is 0 Å². The summed E-state index contributed by atoms with van der Waals surface area (Å²) < 4.78 is 0. The maximum atomic E-state index is 12.8. The van der Waals surface area contributed by atoms with Gasteiger partial charge in [0.2, 0.25) is 0 Å². The Morgan fingerprint density at radius 2 is 1.60 bits per heavy atom. The summed E-state index contributed by atoms with van der Waals surface area (Å²) in [5.74, 6) is 0.529. The van der Waals surface area contributed by atoms with Gasteiger partial charge in [0, 0.05) is 45.3 Å². The third kappa shape index (κ3) is 5.41. The van der Waals surface area contributed by atoms with E-state index in [-0.39, 0.29) is 6.03 Å². The normalized spacial score (nSPS) is 19.0. The molecular formula is C25H34N4O. The van der Waals surface area contributed by atoms with Gasteiger partial charge in [-0.25, -0.2) is 4.79 Å². The van der Waals surface area contributed by atoms with Crippen LogP contribution in [0.1, 0.15) is 48.3 Å². The Morgan fingerprint density at radius 1 is 0.900 bits per heavy atom. The van der Waals surface area contributed by atoms with Crippen LogP contribution in [0.4, 0.5) is 4.79 Å². The maximum Gasteiger partial charge on any atom is 0.317 e. The number of carbonyl (C=O) groups excluding carboxylic acids is 1. The molecule has 160 valence electrons. The summed E-state index contributed by atoms with van der Waals surface area (Å²) in [6, 6.07) is 19.6. The minimum atomic E-state index is 0.116. The van der Waals surface area contributed by atoms with Crippen molar-refractivity contribution in [2.75, 3.05) is 26.2 Å². The lowest BCUT2D eigenvalue weighted by atomic mass is 9.88. The van der Waals surface area contributed by atoms with Crippen molar-refractivity contribution in [3.63, 3.8) is 0 Å². The standard InChI is InChI=1S/C25H34N4O/c26-18-21-7-4-8-23(17-21)22-9-15-29(16-10-22)25(30)27-24-11-13-28(14-12-24)19-20-5-2-1-3-6-20/h1-8,17,22,24H,9-16,18-19,26H2,(H,27,30). The van der Waals surface area contributed by atoms with E-state index in [0.717, 1.165) is 58.4 Å². The highest BCUT2D eigenvalue weighted by molar-refractivity contribution is 5.74. The Bertz CT molecular complexity index is 809. The number of piperidine rings is 2. The Balaban J connectivity index is 1.20. The molecule has 2 aromatic rings. The molecule has 30 heavy (non-hydrogen) atoms. The molecular weight excluding hydrogens is 372 g/mol. The number of urea groups is 1. The van der Waals surface area contributed by atoms with Crippen molar-refractivity contribution in [3.05, 3.63) is 71.3 Å². The minimum absolute atomic E-state index is 0.116. The van der Waals surface area contributed by atoms with Crippen LogP contribution in [-0.4, -0.2) is 48.1 Å². The molecule has 0 spiro atoms. The van der Waals surface area contributed by atoms with Crippen molar-refractivity contribution in [2.24, 2.45) is 5.73 Å². The average molecular weight is 407 g/mol. The first-order valence-electron chi connectivity index (χ1n) is 11.3. The van der Waals surface area contributed by atoms with Crippen LogP contribution in [0.25, 0.3) is 0 Å². The number of hydrogen-bond donors (Lipinski definition) is 2. The molecule has 0 aromatic heterocycles. The van der Waals surface area contributed by atoms with Crippen molar-refractivity contribution in [1.29, 1.82) is 0 Å². The molecule has 0 aliphatic carbocycles. The number of benzene rings is 2. The van der Waals surface area contributed by atoms with Crippen LogP contribution in [0.5, 0.6) is 0 Å². The van der Waals surface area contributed by atoms with Crippen molar-refractivity contribution in [2.45, 2.75) is 50.7 Å². The highest BCUT2D eigenvalue weighted by Crippen LogP contribution is 2.28. The van der Waals surface area contributed by atoms with Crippen LogP contribution in [0, 0.1) is 0 Å². The molecule has 2 fully saturated rings. The average Bonchev–Trinajstić information content (AvgIpc) is 2.81. The summed E-state index contributed by atoms with van der Waals surface area (Å²) in [7, 11) is 0. The van der Waals surface area contributed by atoms with Crippen LogP contribution in [0.15, 0.2) is 54.6 Å². The highest BCUT2D eigenvalue weighted by Gasteiger charge is 2.27. The first kappa shape index (κ1) is 20.9. The maximum absolute atomic E-state index is 12.8. The van der Waals surface area contributed by atoms with Gasteiger partial charge in [0.05, 0.1) is 0 Å². The number of nitrogens with one attached hydrogen (secondary N) is 1. The Morgan fingerprint density at radius 3 is 2.30 bits per heavy atom. The molecule has 0 radical (unpaired) electrons. The zero-order valence-electron chi connectivity index (χ0n) is 17.8. The van der Waals surface area contributed by atoms with Crippen molar-refractivity contribution < 1.29 is 4.79 Å². The number of likely N-dealkylation sites (tertiary alicyclic amines) is 2. The summed E-state index contributed by atoms with van der Waals surface area (Å²) >= 11 is 0. The van der Waals surface area contributed by atoms with Crippen molar-refractivity contribution in [1.82, 2.24) is 15.1 Å². The summed E-state index contributed by atoms with van der Waals surface area (Å²) in [5.41, 5.74) is 9.69. The zero-order chi connectivity index (χ0) is 20.8. The Labute approximate surface area is 180 Å². The molecule has 0 atom stereocenters. The first-order chi connectivity index (χ1) is 14.7. The van der Waals surface area contributed by atoms with E-state index in [4.69, 9.17) is 5.73 Å². The first-order valence-corrected chi connectivity index (χ1v) is 11.3. The van der Waals surface area contributed by atoms with Crippen LogP contribution >= 0.6 is 0 Å². The lowest BCUT2D eigenvalue weighted by molar-refractivity contribution is 0.159. The van der Waals surface area contributed by atoms with E-state index in [1.807, 2.05) is 4.90 Å². The second kappa shape index (κ2) is 10.1. The molecule has 0 unspecified atom stereocenters. The van der Waals surface area contributed by atoms with Crippen LogP contribution in [0.2, 0.25) is 0 Å². The van der Waals surface area contributed by atoms with Gasteiger partial charge in [-0.1, -0.05) is 54.6 Å². The molecule has 0 saturated carbocycles. The van der Waals surface area contributed by atoms with E-state index in [0.29, 0.717) is 18.5 Å². The Kier molecular flexibility index (Phi) is 7.03. The van der Waals surface area contributed by atoms with E-state index < -0.39 is 0 Å². The van der Waals surface area contributed by atoms with Crippen LogP contribution in [0.3, 0.4) is 0 Å². The number of amides is 2. The largest absolute Gasteiger partial charge is 0.335 e. The van der Waals surface area contributed by atoms with Crippen LogP contribution < -0.4 is 11.1 Å². The van der Waals surface area contributed by atoms with Gasteiger partial charge in [-0.3, -0.25) is 4.90 Å². The molecule has 2 amide bonds. The van der Waals surface area contributed by atoms with Gasteiger partial charge >= 0.3 is 6.03 Å². The topological polar surface area (TPSA) is 61.6 Å². The minimum Gasteiger partial charge on any atom is -0.335 e. The van der Waals surface area contributed by atoms with Gasteiger partial charge in [-0.05, 0) is 48.3 Å². The summed E-state index contributed by atoms with van der Waals surface area (Å²) in [4.78, 5) is 17.3. The van der Waals surface area contributed by atoms with Gasteiger partial charge in [-0.2, -0.15) is 0 Å². The lowest BCUT2D eigenvalue weighted by Gasteiger charge is -2.36. The van der Waals surface area contributed by atoms with Crippen molar-refractivity contribution in [3.8, 4) is 0 Å². The number of nitrogens with two attached hydrogens (primary N) is 1. The van der Waals surface area contributed by atoms with E-state index >= 15 is 0 Å². The van der Waals surface area contributed by atoms with Crippen LogP contribution in [-0.2, 0) is 13.1 Å². The Hall–Kier alpha value is -2.37. The fourth-order valence-corrected chi connectivity index (χ4v) is 4.73. The fourth-order valence-electron chi connectivity index (χ4n) is 4.73. The number of carbonyl (C=O) groups is 1. The second-order valence-corrected chi connectivity index (χ2v) is 8.70. The molecule has 2 aromatic carbocycles. The molecule has 5 nitrogen and oxygen atoms in total. The third-order valence-corrected chi connectivity index (χ3v) is 6.60. The molecule has 2 heterocycles. The summed E-state index contributed by atoms with van der Waals surface area (Å²) in [6.45, 7) is 5.32.